The molecule has 0 unspecified atom stereocenters. The molecule has 0 bridgehead atoms. The van der Waals surface area contributed by atoms with Crippen molar-refractivity contribution in [3.05, 3.63) is 28.8 Å². The molecule has 1 aliphatic rings. The van der Waals surface area contributed by atoms with Crippen LogP contribution in [0.4, 0.5) is 0 Å². The summed E-state index contributed by atoms with van der Waals surface area (Å²) in [5.74, 6) is 1.09. The maximum atomic E-state index is 10.8. The zero-order chi connectivity index (χ0) is 11.4. The summed E-state index contributed by atoms with van der Waals surface area (Å²) in [6, 6.07) is 5.06. The van der Waals surface area contributed by atoms with Crippen molar-refractivity contribution < 1.29 is 14.3 Å². The van der Waals surface area contributed by atoms with Gasteiger partial charge in [-0.2, -0.15) is 0 Å². The highest BCUT2D eigenvalue weighted by Crippen LogP contribution is 2.30. The monoisotopic (exact) mass is 240 g/mol. The highest BCUT2D eigenvalue weighted by molar-refractivity contribution is 6.32. The van der Waals surface area contributed by atoms with Crippen molar-refractivity contribution >= 4 is 17.9 Å². The molecule has 1 aliphatic carbocycles. The zero-order valence-electron chi connectivity index (χ0n) is 8.82. The first kappa shape index (κ1) is 11.4. The predicted octanol–water partition coefficient (Wildman–Crippen LogP) is 2.92. The highest BCUT2D eigenvalue weighted by Gasteiger charge is 2.21. The number of carbonyl (C=O) groups excluding carboxylic acids is 1. The van der Waals surface area contributed by atoms with Crippen LogP contribution < -0.4 is 4.74 Å². The van der Waals surface area contributed by atoms with Gasteiger partial charge in [0.2, 0.25) is 0 Å². The van der Waals surface area contributed by atoms with Gasteiger partial charge in [0.1, 0.15) is 0 Å². The summed E-state index contributed by atoms with van der Waals surface area (Å²) in [6.45, 7) is 0.863. The van der Waals surface area contributed by atoms with Gasteiger partial charge < -0.3 is 9.47 Å². The molecule has 0 spiro atoms. The second-order valence-electron chi connectivity index (χ2n) is 3.85. The summed E-state index contributed by atoms with van der Waals surface area (Å²) in [7, 11) is 0. The fourth-order valence-corrected chi connectivity index (χ4v) is 1.61. The van der Waals surface area contributed by atoms with Crippen LogP contribution in [0.3, 0.4) is 0 Å². The van der Waals surface area contributed by atoms with E-state index in [0.29, 0.717) is 22.3 Å². The average molecular weight is 241 g/mol. The fourth-order valence-electron chi connectivity index (χ4n) is 1.37. The van der Waals surface area contributed by atoms with Crippen molar-refractivity contribution in [2.24, 2.45) is 5.92 Å². The molecule has 1 aromatic carbocycles. The average Bonchev–Trinajstić information content (AvgIpc) is 3.09. The third-order valence-corrected chi connectivity index (χ3v) is 2.76. The fraction of sp³-hybridized carbons (Fsp3) is 0.417. The summed E-state index contributed by atoms with van der Waals surface area (Å²) in [6.07, 6.45) is 3.21. The lowest BCUT2D eigenvalue weighted by molar-refractivity contribution is 0.00975. The van der Waals surface area contributed by atoms with Gasteiger partial charge in [0.05, 0.1) is 17.2 Å². The first-order chi connectivity index (χ1) is 7.81. The number of carbonyl (C=O) groups is 1. The Labute approximate surface area is 99.3 Å². The largest absolute Gasteiger partial charge is 0.465 e. The summed E-state index contributed by atoms with van der Waals surface area (Å²) < 4.78 is 10.7. The second-order valence-corrected chi connectivity index (χ2v) is 4.26. The number of rotatable bonds is 6. The Morgan fingerprint density at radius 2 is 2.25 bits per heavy atom. The second kappa shape index (κ2) is 5.32. The molecule has 2 rings (SSSR count). The van der Waals surface area contributed by atoms with Gasteiger partial charge in [-0.05, 0) is 30.9 Å². The molecule has 4 heteroatoms. The van der Waals surface area contributed by atoms with Gasteiger partial charge in [-0.1, -0.05) is 17.7 Å². The molecular formula is C12H13ClO3. The third kappa shape index (κ3) is 2.97. The Hall–Kier alpha value is -1.06. The van der Waals surface area contributed by atoms with E-state index in [1.54, 1.807) is 18.2 Å². The zero-order valence-corrected chi connectivity index (χ0v) is 9.57. The number of hydrogen-bond donors (Lipinski definition) is 0. The molecular weight excluding hydrogens is 228 g/mol. The van der Waals surface area contributed by atoms with E-state index in [1.807, 2.05) is 0 Å². The van der Waals surface area contributed by atoms with Crippen molar-refractivity contribution in [3.63, 3.8) is 0 Å². The van der Waals surface area contributed by atoms with Gasteiger partial charge in [0.25, 0.3) is 0 Å². The van der Waals surface area contributed by atoms with Crippen LogP contribution in [0, 0.1) is 5.92 Å². The van der Waals surface area contributed by atoms with Gasteiger partial charge in [-0.25, -0.2) is 0 Å². The first-order valence-corrected chi connectivity index (χ1v) is 5.63. The van der Waals surface area contributed by atoms with Crippen molar-refractivity contribution in [1.29, 1.82) is 0 Å². The van der Waals surface area contributed by atoms with E-state index in [-0.39, 0.29) is 6.79 Å². The van der Waals surface area contributed by atoms with Gasteiger partial charge in [-0.15, -0.1) is 0 Å². The van der Waals surface area contributed by atoms with Crippen LogP contribution in [0.2, 0.25) is 5.02 Å². The van der Waals surface area contributed by atoms with Crippen LogP contribution in [0.15, 0.2) is 18.2 Å². The van der Waals surface area contributed by atoms with E-state index in [1.165, 1.54) is 12.8 Å². The molecule has 0 aromatic heterocycles. The molecule has 1 saturated carbocycles. The molecule has 0 heterocycles. The first-order valence-electron chi connectivity index (χ1n) is 5.25. The minimum absolute atomic E-state index is 0.140. The molecule has 0 amide bonds. The number of para-hydroxylation sites is 1. The molecule has 0 saturated heterocycles. The summed E-state index contributed by atoms with van der Waals surface area (Å²) in [5.41, 5.74) is 0.447. The summed E-state index contributed by atoms with van der Waals surface area (Å²) >= 11 is 5.92. The van der Waals surface area contributed by atoms with Crippen LogP contribution >= 0.6 is 11.6 Å². The molecule has 0 radical (unpaired) electrons. The molecule has 0 N–H and O–H groups in total. The molecule has 1 aromatic rings. The number of halogens is 1. The number of hydrogen-bond acceptors (Lipinski definition) is 3. The van der Waals surface area contributed by atoms with E-state index in [0.717, 1.165) is 12.9 Å². The predicted molar refractivity (Wildman–Crippen MR) is 61.0 cm³/mol. The van der Waals surface area contributed by atoms with Crippen LogP contribution in [0.25, 0.3) is 0 Å². The molecule has 0 atom stereocenters. The van der Waals surface area contributed by atoms with Gasteiger partial charge >= 0.3 is 0 Å². The minimum Gasteiger partial charge on any atom is -0.465 e. The van der Waals surface area contributed by atoms with Crippen molar-refractivity contribution in [1.82, 2.24) is 0 Å². The van der Waals surface area contributed by atoms with Crippen LogP contribution in [-0.2, 0) is 4.74 Å². The third-order valence-electron chi connectivity index (χ3n) is 2.46. The van der Waals surface area contributed by atoms with E-state index >= 15 is 0 Å². The quantitative estimate of drug-likeness (QED) is 0.436. The van der Waals surface area contributed by atoms with Gasteiger partial charge in [-0.3, -0.25) is 4.79 Å². The van der Waals surface area contributed by atoms with Gasteiger partial charge in [0.15, 0.2) is 18.8 Å². The smallest absolute Gasteiger partial charge is 0.189 e. The van der Waals surface area contributed by atoms with E-state index < -0.39 is 0 Å². The normalized spacial score (nSPS) is 14.8. The van der Waals surface area contributed by atoms with Crippen molar-refractivity contribution in [2.75, 3.05) is 13.4 Å². The molecule has 16 heavy (non-hydrogen) atoms. The SMILES string of the molecule is O=Cc1cccc(Cl)c1OCOCC1CC1. The Morgan fingerprint density at radius 1 is 1.44 bits per heavy atom. The van der Waals surface area contributed by atoms with Gasteiger partial charge in [0, 0.05) is 0 Å². The molecule has 0 aliphatic heterocycles. The van der Waals surface area contributed by atoms with Crippen molar-refractivity contribution in [2.45, 2.75) is 12.8 Å². The topological polar surface area (TPSA) is 35.5 Å². The summed E-state index contributed by atoms with van der Waals surface area (Å²) in [4.78, 5) is 10.8. The lowest BCUT2D eigenvalue weighted by atomic mass is 10.2. The van der Waals surface area contributed by atoms with E-state index in [9.17, 15) is 4.79 Å². The Bertz CT molecular complexity index is 375. The maximum Gasteiger partial charge on any atom is 0.189 e. The Kier molecular flexibility index (Phi) is 3.80. The number of benzene rings is 1. The lowest BCUT2D eigenvalue weighted by Crippen LogP contribution is -2.06. The minimum atomic E-state index is 0.140. The van der Waals surface area contributed by atoms with Crippen LogP contribution in [0.1, 0.15) is 23.2 Å². The molecule has 1 fully saturated rings. The number of aldehydes is 1. The Balaban J connectivity index is 1.88. The van der Waals surface area contributed by atoms with E-state index in [4.69, 9.17) is 21.1 Å². The molecule has 3 nitrogen and oxygen atoms in total. The summed E-state index contributed by atoms with van der Waals surface area (Å²) in [5, 5.41) is 0.430. The van der Waals surface area contributed by atoms with Crippen LogP contribution in [0.5, 0.6) is 5.75 Å². The Morgan fingerprint density at radius 3 is 2.94 bits per heavy atom. The van der Waals surface area contributed by atoms with Crippen LogP contribution in [-0.4, -0.2) is 19.7 Å². The molecule has 86 valence electrons. The number of ether oxygens (including phenoxy) is 2. The standard InChI is InChI=1S/C12H13ClO3/c13-11-3-1-2-10(6-14)12(11)16-8-15-7-9-4-5-9/h1-3,6,9H,4-5,7-8H2. The lowest BCUT2D eigenvalue weighted by Gasteiger charge is -2.10. The maximum absolute atomic E-state index is 10.8. The van der Waals surface area contributed by atoms with E-state index in [2.05, 4.69) is 0 Å². The highest BCUT2D eigenvalue weighted by atomic mass is 35.5. The van der Waals surface area contributed by atoms with Crippen molar-refractivity contribution in [3.8, 4) is 5.75 Å².